The number of carbonyl (C=O) groups excluding carboxylic acids is 1. The molecular weight excluding hydrogens is 428 g/mol. The standard InChI is InChI=1S/C19H20N4O3S3/c1-14(23(29(2,25)26)16-11-7-4-8-12-16)17(24)20-18-21-22-19(28-18)27-13-15-9-5-3-6-10-15/h3-12,14H,13H2,1-2H3,(H,20,21,24)/t14-/m1/s1. The maximum Gasteiger partial charge on any atom is 0.249 e. The van der Waals surface area contributed by atoms with Crippen LogP contribution in [-0.2, 0) is 20.6 Å². The molecule has 0 fully saturated rings. The van der Waals surface area contributed by atoms with E-state index in [1.54, 1.807) is 30.3 Å². The third kappa shape index (κ3) is 5.78. The van der Waals surface area contributed by atoms with E-state index in [2.05, 4.69) is 15.5 Å². The molecule has 7 nitrogen and oxygen atoms in total. The van der Waals surface area contributed by atoms with Gasteiger partial charge >= 0.3 is 0 Å². The predicted octanol–water partition coefficient (Wildman–Crippen LogP) is 3.62. The van der Waals surface area contributed by atoms with Gasteiger partial charge in [-0.3, -0.25) is 14.4 Å². The molecule has 0 aliphatic rings. The monoisotopic (exact) mass is 448 g/mol. The molecule has 0 saturated carbocycles. The molecule has 0 bridgehead atoms. The van der Waals surface area contributed by atoms with Crippen molar-refractivity contribution in [2.75, 3.05) is 15.9 Å². The van der Waals surface area contributed by atoms with E-state index in [0.717, 1.165) is 20.7 Å². The lowest BCUT2D eigenvalue weighted by molar-refractivity contribution is -0.116. The number of para-hydroxylation sites is 1. The molecule has 2 aromatic carbocycles. The molecule has 0 unspecified atom stereocenters. The Morgan fingerprint density at radius 2 is 1.72 bits per heavy atom. The summed E-state index contributed by atoms with van der Waals surface area (Å²) in [7, 11) is -3.65. The topological polar surface area (TPSA) is 92.3 Å². The van der Waals surface area contributed by atoms with Gasteiger partial charge < -0.3 is 0 Å². The van der Waals surface area contributed by atoms with Gasteiger partial charge in [0.2, 0.25) is 21.1 Å². The molecule has 152 valence electrons. The van der Waals surface area contributed by atoms with Crippen LogP contribution in [0.25, 0.3) is 0 Å². The van der Waals surface area contributed by atoms with Gasteiger partial charge in [0.1, 0.15) is 6.04 Å². The predicted molar refractivity (Wildman–Crippen MR) is 118 cm³/mol. The number of nitrogens with one attached hydrogen (secondary N) is 1. The Hall–Kier alpha value is -2.43. The lowest BCUT2D eigenvalue weighted by Crippen LogP contribution is -2.45. The number of sulfonamides is 1. The van der Waals surface area contributed by atoms with Gasteiger partial charge in [-0.15, -0.1) is 10.2 Å². The van der Waals surface area contributed by atoms with Gasteiger partial charge in [0.05, 0.1) is 11.9 Å². The summed E-state index contributed by atoms with van der Waals surface area (Å²) in [5.41, 5.74) is 1.59. The lowest BCUT2D eigenvalue weighted by Gasteiger charge is -2.27. The lowest BCUT2D eigenvalue weighted by atomic mass is 10.2. The van der Waals surface area contributed by atoms with Crippen molar-refractivity contribution in [1.82, 2.24) is 10.2 Å². The van der Waals surface area contributed by atoms with Gasteiger partial charge in [0.15, 0.2) is 4.34 Å². The first kappa shape index (κ1) is 21.3. The van der Waals surface area contributed by atoms with Crippen molar-refractivity contribution in [2.45, 2.75) is 23.1 Å². The summed E-state index contributed by atoms with van der Waals surface area (Å²) in [4.78, 5) is 12.7. The number of benzene rings is 2. The van der Waals surface area contributed by atoms with Crippen molar-refractivity contribution < 1.29 is 13.2 Å². The SMILES string of the molecule is C[C@H](C(=O)Nc1nnc(SCc2ccccc2)s1)N(c1ccccc1)S(C)(=O)=O. The second-order valence-electron chi connectivity index (χ2n) is 6.21. The van der Waals surface area contributed by atoms with Gasteiger partial charge in [-0.2, -0.15) is 0 Å². The van der Waals surface area contributed by atoms with Crippen LogP contribution in [0.5, 0.6) is 0 Å². The number of rotatable bonds is 8. The molecule has 1 heterocycles. The molecule has 0 aliphatic heterocycles. The fraction of sp³-hybridized carbons (Fsp3) is 0.211. The third-order valence-electron chi connectivity index (χ3n) is 3.94. The molecular formula is C19H20N4O3S3. The first-order valence-corrected chi connectivity index (χ1v) is 12.3. The summed E-state index contributed by atoms with van der Waals surface area (Å²) in [6.07, 6.45) is 1.08. The molecule has 0 radical (unpaired) electrons. The van der Waals surface area contributed by atoms with Crippen molar-refractivity contribution >= 4 is 49.8 Å². The third-order valence-corrected chi connectivity index (χ3v) is 7.23. The summed E-state index contributed by atoms with van der Waals surface area (Å²) in [6, 6.07) is 17.5. The van der Waals surface area contributed by atoms with Crippen LogP contribution in [0.15, 0.2) is 65.0 Å². The van der Waals surface area contributed by atoms with Crippen LogP contribution >= 0.6 is 23.1 Å². The second kappa shape index (κ2) is 9.38. The highest BCUT2D eigenvalue weighted by molar-refractivity contribution is 8.00. The van der Waals surface area contributed by atoms with Gasteiger partial charge in [-0.25, -0.2) is 8.42 Å². The van der Waals surface area contributed by atoms with Gasteiger partial charge in [-0.1, -0.05) is 71.6 Å². The van der Waals surface area contributed by atoms with E-state index in [0.29, 0.717) is 10.8 Å². The van der Waals surface area contributed by atoms with Gasteiger partial charge in [0.25, 0.3) is 0 Å². The quantitative estimate of drug-likeness (QED) is 0.418. The van der Waals surface area contributed by atoms with Crippen LogP contribution in [-0.4, -0.2) is 36.8 Å². The number of nitrogens with zero attached hydrogens (tertiary/aromatic N) is 3. The molecule has 10 heteroatoms. The summed E-state index contributed by atoms with van der Waals surface area (Å²) < 4.78 is 26.4. The Morgan fingerprint density at radius 3 is 2.34 bits per heavy atom. The molecule has 3 aromatic rings. The fourth-order valence-corrected chi connectivity index (χ4v) is 5.52. The number of hydrogen-bond donors (Lipinski definition) is 1. The van der Waals surface area contributed by atoms with E-state index in [9.17, 15) is 13.2 Å². The summed E-state index contributed by atoms with van der Waals surface area (Å²) in [5, 5.41) is 11.1. The van der Waals surface area contributed by atoms with Crippen LogP contribution < -0.4 is 9.62 Å². The summed E-state index contributed by atoms with van der Waals surface area (Å²) in [6.45, 7) is 1.54. The Bertz CT molecular complexity index is 1060. The van der Waals surface area contributed by atoms with Crippen LogP contribution in [0.3, 0.4) is 0 Å². The number of anilines is 2. The molecule has 1 atom stereocenters. The largest absolute Gasteiger partial charge is 0.299 e. The molecule has 1 N–H and O–H groups in total. The maximum absolute atomic E-state index is 12.7. The zero-order valence-electron chi connectivity index (χ0n) is 15.8. The Kier molecular flexibility index (Phi) is 6.88. The number of aromatic nitrogens is 2. The van der Waals surface area contributed by atoms with E-state index in [1.807, 2.05) is 30.3 Å². The zero-order valence-corrected chi connectivity index (χ0v) is 18.3. The van der Waals surface area contributed by atoms with Crippen LogP contribution in [0, 0.1) is 0 Å². The van der Waals surface area contributed by atoms with Gasteiger partial charge in [0, 0.05) is 5.75 Å². The van der Waals surface area contributed by atoms with Crippen molar-refractivity contribution in [3.8, 4) is 0 Å². The zero-order chi connectivity index (χ0) is 20.9. The molecule has 1 amide bonds. The Morgan fingerprint density at radius 1 is 1.10 bits per heavy atom. The van der Waals surface area contributed by atoms with E-state index < -0.39 is 22.0 Å². The van der Waals surface area contributed by atoms with E-state index in [4.69, 9.17) is 0 Å². The molecule has 0 aliphatic carbocycles. The average molecular weight is 449 g/mol. The minimum Gasteiger partial charge on any atom is -0.299 e. The van der Waals surface area contributed by atoms with E-state index in [-0.39, 0.29) is 0 Å². The highest BCUT2D eigenvalue weighted by Gasteiger charge is 2.29. The molecule has 1 aromatic heterocycles. The highest BCUT2D eigenvalue weighted by atomic mass is 32.2. The number of carbonyl (C=O) groups is 1. The number of hydrogen-bond acceptors (Lipinski definition) is 7. The minimum atomic E-state index is -3.65. The molecule has 0 saturated heterocycles. The minimum absolute atomic E-state index is 0.332. The fourth-order valence-electron chi connectivity index (χ4n) is 2.63. The van der Waals surface area contributed by atoms with Crippen LogP contribution in [0.4, 0.5) is 10.8 Å². The smallest absolute Gasteiger partial charge is 0.249 e. The van der Waals surface area contributed by atoms with Gasteiger partial charge in [-0.05, 0) is 24.6 Å². The molecule has 0 spiro atoms. The normalized spacial score (nSPS) is 12.3. The van der Waals surface area contributed by atoms with Crippen LogP contribution in [0.2, 0.25) is 0 Å². The van der Waals surface area contributed by atoms with Crippen LogP contribution in [0.1, 0.15) is 12.5 Å². The van der Waals surface area contributed by atoms with E-state index >= 15 is 0 Å². The summed E-state index contributed by atoms with van der Waals surface area (Å²) in [5.74, 6) is 0.269. The summed E-state index contributed by atoms with van der Waals surface area (Å²) >= 11 is 2.78. The average Bonchev–Trinajstić information content (AvgIpc) is 3.14. The van der Waals surface area contributed by atoms with Crippen molar-refractivity contribution in [1.29, 1.82) is 0 Å². The van der Waals surface area contributed by atoms with E-state index in [1.165, 1.54) is 35.6 Å². The number of thioether (sulfide) groups is 1. The Labute approximate surface area is 178 Å². The first-order valence-electron chi connectivity index (χ1n) is 8.70. The van der Waals surface area contributed by atoms with Crippen molar-refractivity contribution in [3.05, 3.63) is 66.2 Å². The second-order valence-corrected chi connectivity index (χ2v) is 10.3. The number of amides is 1. The van der Waals surface area contributed by atoms with Crippen molar-refractivity contribution in [3.63, 3.8) is 0 Å². The molecule has 3 rings (SSSR count). The van der Waals surface area contributed by atoms with Crippen molar-refractivity contribution in [2.24, 2.45) is 0 Å². The maximum atomic E-state index is 12.7. The highest BCUT2D eigenvalue weighted by Crippen LogP contribution is 2.29. The molecule has 29 heavy (non-hydrogen) atoms. The first-order chi connectivity index (χ1) is 13.8. The Balaban J connectivity index is 1.67.